The average Bonchev–Trinajstić information content (AvgIpc) is 2.99. The lowest BCUT2D eigenvalue weighted by Gasteiger charge is -2.20. The third-order valence-corrected chi connectivity index (χ3v) is 4.09. The zero-order valence-corrected chi connectivity index (χ0v) is 10.9. The van der Waals surface area contributed by atoms with Crippen molar-refractivity contribution in [2.24, 2.45) is 0 Å². The lowest BCUT2D eigenvalue weighted by atomic mass is 10.1. The van der Waals surface area contributed by atoms with Crippen LogP contribution in [0, 0.1) is 13.8 Å². The van der Waals surface area contributed by atoms with Crippen LogP contribution < -0.4 is 10.2 Å². The van der Waals surface area contributed by atoms with Gasteiger partial charge in [-0.1, -0.05) is 6.07 Å². The monoisotopic (exact) mass is 230 g/mol. The topological polar surface area (TPSA) is 15.3 Å². The van der Waals surface area contributed by atoms with Crippen molar-refractivity contribution in [3.05, 3.63) is 29.3 Å². The molecule has 1 saturated carbocycles. The number of nitrogens with zero attached hydrogens (tertiary/aromatic N) is 1. The lowest BCUT2D eigenvalue weighted by molar-refractivity contribution is 0.548. The van der Waals surface area contributed by atoms with Crippen molar-refractivity contribution < 1.29 is 0 Å². The molecule has 1 aliphatic heterocycles. The third-order valence-electron chi connectivity index (χ3n) is 4.09. The van der Waals surface area contributed by atoms with Crippen molar-refractivity contribution in [1.29, 1.82) is 0 Å². The van der Waals surface area contributed by atoms with Gasteiger partial charge >= 0.3 is 0 Å². The van der Waals surface area contributed by atoms with Gasteiger partial charge in [-0.3, -0.25) is 0 Å². The van der Waals surface area contributed by atoms with Crippen LogP contribution in [0.15, 0.2) is 18.2 Å². The Morgan fingerprint density at radius 3 is 2.59 bits per heavy atom. The molecule has 1 aliphatic carbocycles. The Bertz CT molecular complexity index is 409. The molecular weight excluding hydrogens is 208 g/mol. The molecule has 1 aromatic carbocycles. The van der Waals surface area contributed by atoms with Gasteiger partial charge in [0.2, 0.25) is 0 Å². The Labute approximate surface area is 104 Å². The summed E-state index contributed by atoms with van der Waals surface area (Å²) >= 11 is 0. The molecule has 0 radical (unpaired) electrons. The second kappa shape index (κ2) is 4.34. The summed E-state index contributed by atoms with van der Waals surface area (Å²) in [5, 5.41) is 3.74. The van der Waals surface area contributed by atoms with Gasteiger partial charge in [0.1, 0.15) is 0 Å². The van der Waals surface area contributed by atoms with Gasteiger partial charge in [-0.25, -0.2) is 0 Å². The summed E-state index contributed by atoms with van der Waals surface area (Å²) in [5.41, 5.74) is 4.19. The van der Waals surface area contributed by atoms with Crippen molar-refractivity contribution in [1.82, 2.24) is 5.32 Å². The molecule has 17 heavy (non-hydrogen) atoms. The van der Waals surface area contributed by atoms with Gasteiger partial charge in [0.05, 0.1) is 0 Å². The first-order valence-electron chi connectivity index (χ1n) is 6.80. The van der Waals surface area contributed by atoms with Crippen LogP contribution in [0.5, 0.6) is 0 Å². The molecule has 1 aromatic rings. The molecule has 2 nitrogen and oxygen atoms in total. The number of hydrogen-bond donors (Lipinski definition) is 1. The highest BCUT2D eigenvalue weighted by molar-refractivity contribution is 5.51. The van der Waals surface area contributed by atoms with Crippen LogP contribution >= 0.6 is 0 Å². The molecule has 2 fully saturated rings. The van der Waals surface area contributed by atoms with Gasteiger partial charge in [0, 0.05) is 30.9 Å². The van der Waals surface area contributed by atoms with E-state index in [4.69, 9.17) is 0 Å². The van der Waals surface area contributed by atoms with Crippen molar-refractivity contribution in [2.75, 3.05) is 18.0 Å². The quantitative estimate of drug-likeness (QED) is 0.858. The van der Waals surface area contributed by atoms with Crippen molar-refractivity contribution >= 4 is 5.69 Å². The summed E-state index contributed by atoms with van der Waals surface area (Å²) in [7, 11) is 0. The van der Waals surface area contributed by atoms with Crippen LogP contribution in [-0.4, -0.2) is 25.2 Å². The van der Waals surface area contributed by atoms with Crippen LogP contribution in [0.25, 0.3) is 0 Å². The number of nitrogens with one attached hydrogen (secondary N) is 1. The van der Waals surface area contributed by atoms with Crippen LogP contribution in [0.3, 0.4) is 0 Å². The van der Waals surface area contributed by atoms with E-state index in [9.17, 15) is 0 Å². The number of benzene rings is 1. The van der Waals surface area contributed by atoms with Gasteiger partial charge in [0.15, 0.2) is 0 Å². The Hall–Kier alpha value is -1.02. The van der Waals surface area contributed by atoms with E-state index < -0.39 is 0 Å². The Morgan fingerprint density at radius 2 is 1.88 bits per heavy atom. The molecule has 1 unspecified atom stereocenters. The molecular formula is C15H22N2. The first-order chi connectivity index (χ1) is 8.22. The number of anilines is 1. The second-order valence-electron chi connectivity index (χ2n) is 5.64. The number of aryl methyl sites for hydroxylation is 2. The van der Waals surface area contributed by atoms with E-state index in [0.29, 0.717) is 6.04 Å². The minimum absolute atomic E-state index is 0.712. The van der Waals surface area contributed by atoms with E-state index >= 15 is 0 Å². The standard InChI is InChI=1S/C15H22N2/c1-11-3-6-15(9-12(11)2)17-8-7-14(10-17)16-13-4-5-13/h3,6,9,13-14,16H,4-5,7-8,10H2,1-2H3. The van der Waals surface area contributed by atoms with E-state index in [1.807, 2.05) is 0 Å². The maximum Gasteiger partial charge on any atom is 0.0369 e. The molecule has 1 saturated heterocycles. The second-order valence-corrected chi connectivity index (χ2v) is 5.64. The average molecular weight is 230 g/mol. The zero-order chi connectivity index (χ0) is 11.8. The van der Waals surface area contributed by atoms with E-state index in [1.165, 1.54) is 49.2 Å². The Kier molecular flexibility index (Phi) is 2.83. The van der Waals surface area contributed by atoms with Crippen LogP contribution in [0.4, 0.5) is 5.69 Å². The molecule has 1 N–H and O–H groups in total. The van der Waals surface area contributed by atoms with Gasteiger partial charge in [0.25, 0.3) is 0 Å². The molecule has 2 aliphatic rings. The van der Waals surface area contributed by atoms with Crippen LogP contribution in [0.2, 0.25) is 0 Å². The van der Waals surface area contributed by atoms with Crippen molar-refractivity contribution in [3.63, 3.8) is 0 Å². The predicted molar refractivity (Wildman–Crippen MR) is 72.7 cm³/mol. The van der Waals surface area contributed by atoms with Crippen LogP contribution in [0.1, 0.15) is 30.4 Å². The summed E-state index contributed by atoms with van der Waals surface area (Å²) in [6.07, 6.45) is 4.07. The minimum atomic E-state index is 0.712. The molecule has 0 amide bonds. The summed E-state index contributed by atoms with van der Waals surface area (Å²) in [6, 6.07) is 8.38. The fraction of sp³-hybridized carbons (Fsp3) is 0.600. The SMILES string of the molecule is Cc1ccc(N2CCC(NC3CC3)C2)cc1C. The normalized spacial score (nSPS) is 24.4. The van der Waals surface area contributed by atoms with E-state index in [1.54, 1.807) is 0 Å². The number of hydrogen-bond acceptors (Lipinski definition) is 2. The highest BCUT2D eigenvalue weighted by atomic mass is 15.2. The maximum atomic E-state index is 3.74. The summed E-state index contributed by atoms with van der Waals surface area (Å²) < 4.78 is 0. The molecule has 1 heterocycles. The molecule has 3 rings (SSSR count). The maximum absolute atomic E-state index is 3.74. The molecule has 0 bridgehead atoms. The lowest BCUT2D eigenvalue weighted by Crippen LogP contribution is -2.33. The zero-order valence-electron chi connectivity index (χ0n) is 10.9. The summed E-state index contributed by atoms with van der Waals surface area (Å²) in [5.74, 6) is 0. The molecule has 1 atom stereocenters. The fourth-order valence-corrected chi connectivity index (χ4v) is 2.64. The Balaban J connectivity index is 1.66. The largest absolute Gasteiger partial charge is 0.370 e. The predicted octanol–water partition coefficient (Wildman–Crippen LogP) is 2.63. The first kappa shape index (κ1) is 11.1. The molecule has 0 aromatic heterocycles. The van der Waals surface area contributed by atoms with E-state index in [0.717, 1.165) is 6.04 Å². The van der Waals surface area contributed by atoms with Crippen LogP contribution in [-0.2, 0) is 0 Å². The number of rotatable bonds is 3. The third kappa shape index (κ3) is 2.47. The minimum Gasteiger partial charge on any atom is -0.370 e. The summed E-state index contributed by atoms with van der Waals surface area (Å²) in [6.45, 7) is 6.77. The van der Waals surface area contributed by atoms with E-state index in [-0.39, 0.29) is 0 Å². The van der Waals surface area contributed by atoms with Gasteiger partial charge < -0.3 is 10.2 Å². The van der Waals surface area contributed by atoms with Gasteiger partial charge in [-0.15, -0.1) is 0 Å². The summed E-state index contributed by atoms with van der Waals surface area (Å²) in [4.78, 5) is 2.52. The highest BCUT2D eigenvalue weighted by Crippen LogP contribution is 2.25. The van der Waals surface area contributed by atoms with Crippen molar-refractivity contribution in [3.8, 4) is 0 Å². The van der Waals surface area contributed by atoms with Gasteiger partial charge in [-0.05, 0) is 56.4 Å². The Morgan fingerprint density at radius 1 is 1.06 bits per heavy atom. The smallest absolute Gasteiger partial charge is 0.0369 e. The van der Waals surface area contributed by atoms with Crippen molar-refractivity contribution in [2.45, 2.75) is 45.2 Å². The molecule has 92 valence electrons. The highest BCUT2D eigenvalue weighted by Gasteiger charge is 2.29. The van der Waals surface area contributed by atoms with E-state index in [2.05, 4.69) is 42.3 Å². The molecule has 0 spiro atoms. The fourth-order valence-electron chi connectivity index (χ4n) is 2.64. The first-order valence-corrected chi connectivity index (χ1v) is 6.80. The van der Waals surface area contributed by atoms with Gasteiger partial charge in [-0.2, -0.15) is 0 Å². The molecule has 2 heteroatoms.